The fourth-order valence-electron chi connectivity index (χ4n) is 5.85. The van der Waals surface area contributed by atoms with E-state index in [9.17, 15) is 0 Å². The van der Waals surface area contributed by atoms with Crippen molar-refractivity contribution < 1.29 is 4.43 Å². The van der Waals surface area contributed by atoms with Crippen molar-refractivity contribution in [2.75, 3.05) is 6.16 Å². The molecule has 0 radical (unpaired) electrons. The van der Waals surface area contributed by atoms with Gasteiger partial charge in [0.05, 0.1) is 17.3 Å². The third-order valence-electron chi connectivity index (χ3n) is 7.49. The Hall–Kier alpha value is -2.32. The molecule has 0 aliphatic carbocycles. The second-order valence-corrected chi connectivity index (χ2v) is 18.3. The van der Waals surface area contributed by atoms with Gasteiger partial charge in [-0.2, -0.15) is 0 Å². The van der Waals surface area contributed by atoms with Gasteiger partial charge in [-0.25, -0.2) is 0 Å². The molecule has 2 nitrogen and oxygen atoms in total. The Morgan fingerprint density at radius 2 is 1.14 bits per heavy atom. The van der Waals surface area contributed by atoms with E-state index in [1.54, 1.807) is 0 Å². The van der Waals surface area contributed by atoms with E-state index in [1.807, 2.05) is 0 Å². The van der Waals surface area contributed by atoms with Crippen molar-refractivity contribution in [3.05, 3.63) is 103 Å². The smallest absolute Gasteiger partial charge is 0.201 e. The van der Waals surface area contributed by atoms with E-state index in [0.717, 1.165) is 17.4 Å². The summed E-state index contributed by atoms with van der Waals surface area (Å²) in [5, 5.41) is 3.95. The highest BCUT2D eigenvalue weighted by Crippen LogP contribution is 2.48. The normalized spacial score (nSPS) is 13.3. The van der Waals surface area contributed by atoms with E-state index in [4.69, 9.17) is 9.41 Å². The second-order valence-electron chi connectivity index (χ2n) is 10.6. The fraction of sp³-hybridized carbons (Fsp3) is 0.344. The largest absolute Gasteiger partial charge is 0.407 e. The molecule has 188 valence electrons. The molecule has 0 bridgehead atoms. The van der Waals surface area contributed by atoms with E-state index in [0.29, 0.717) is 16.6 Å². The van der Waals surface area contributed by atoms with E-state index in [2.05, 4.69) is 139 Å². The third kappa shape index (κ3) is 5.64. The van der Waals surface area contributed by atoms with Gasteiger partial charge < -0.3 is 4.43 Å². The van der Waals surface area contributed by atoms with Crippen molar-refractivity contribution in [2.24, 2.45) is 0 Å². The van der Waals surface area contributed by atoms with Crippen molar-refractivity contribution >= 4 is 37.8 Å². The molecule has 4 rings (SSSR count). The molecule has 0 fully saturated rings. The molecule has 0 unspecified atom stereocenters. The minimum atomic E-state index is -2.14. The Balaban J connectivity index is 1.84. The Kier molecular flexibility index (Phi) is 8.77. The van der Waals surface area contributed by atoms with Crippen molar-refractivity contribution in [1.82, 2.24) is 4.98 Å². The molecule has 3 aromatic carbocycles. The predicted molar refractivity (Wildman–Crippen MR) is 161 cm³/mol. The summed E-state index contributed by atoms with van der Waals surface area (Å²) in [6.07, 6.45) is 0.871. The zero-order valence-electron chi connectivity index (χ0n) is 22.6. The fourth-order valence-corrected chi connectivity index (χ4v) is 13.9. The molecule has 1 aromatic heterocycles. The maximum atomic E-state index is 7.52. The summed E-state index contributed by atoms with van der Waals surface area (Å²) in [5.41, 5.74) is 3.64. The van der Waals surface area contributed by atoms with Gasteiger partial charge in [0, 0.05) is 11.5 Å². The van der Waals surface area contributed by atoms with Crippen LogP contribution in [-0.4, -0.2) is 19.5 Å². The molecular formula is C32H40NOPSi. The lowest BCUT2D eigenvalue weighted by molar-refractivity contribution is 0.194. The summed E-state index contributed by atoms with van der Waals surface area (Å²) < 4.78 is 7.52. The van der Waals surface area contributed by atoms with Gasteiger partial charge in [0.15, 0.2) is 0 Å². The number of pyridine rings is 1. The molecule has 0 saturated heterocycles. The van der Waals surface area contributed by atoms with Crippen LogP contribution in [0.5, 0.6) is 0 Å². The molecule has 0 aliphatic rings. The van der Waals surface area contributed by atoms with Crippen LogP contribution in [0.25, 0.3) is 10.9 Å². The minimum Gasteiger partial charge on any atom is -0.407 e. The highest BCUT2D eigenvalue weighted by atomic mass is 31.1. The Morgan fingerprint density at radius 3 is 1.67 bits per heavy atom. The van der Waals surface area contributed by atoms with Crippen LogP contribution in [0, 0.1) is 0 Å². The number of hydrogen-bond donors (Lipinski definition) is 0. The summed E-state index contributed by atoms with van der Waals surface area (Å²) in [5.74, 6) is 0. The quantitative estimate of drug-likeness (QED) is 0.156. The monoisotopic (exact) mass is 513 g/mol. The minimum absolute atomic E-state index is 0.0556. The number of benzene rings is 3. The molecule has 1 atom stereocenters. The molecule has 0 aliphatic heterocycles. The van der Waals surface area contributed by atoms with Gasteiger partial charge in [0.1, 0.15) is 0 Å². The van der Waals surface area contributed by atoms with E-state index in [1.165, 1.54) is 16.0 Å². The number of aromatic nitrogens is 1. The maximum absolute atomic E-state index is 7.52. The highest BCUT2D eigenvalue weighted by molar-refractivity contribution is 7.73. The molecule has 0 amide bonds. The zero-order valence-corrected chi connectivity index (χ0v) is 24.5. The van der Waals surface area contributed by atoms with Gasteiger partial charge >= 0.3 is 0 Å². The zero-order chi connectivity index (χ0) is 25.7. The first-order valence-corrected chi connectivity index (χ1v) is 16.9. The van der Waals surface area contributed by atoms with Crippen molar-refractivity contribution in [3.63, 3.8) is 0 Å². The number of nitrogens with zero attached hydrogens (tertiary/aromatic N) is 1. The van der Waals surface area contributed by atoms with Crippen LogP contribution in [0.4, 0.5) is 0 Å². The molecular weight excluding hydrogens is 473 g/mol. The van der Waals surface area contributed by atoms with Gasteiger partial charge in [-0.1, -0.05) is 126 Å². The lowest BCUT2D eigenvalue weighted by Gasteiger charge is -2.45. The number of fused-ring (bicyclic) bond motifs is 1. The summed E-state index contributed by atoms with van der Waals surface area (Å²) in [6.45, 7) is 14.2. The Morgan fingerprint density at radius 1 is 0.639 bits per heavy atom. The summed E-state index contributed by atoms with van der Waals surface area (Å²) in [7, 11) is -2.75. The lowest BCUT2D eigenvalue weighted by Crippen LogP contribution is -2.49. The van der Waals surface area contributed by atoms with Crippen LogP contribution in [-0.2, 0) is 4.43 Å². The average molecular weight is 514 g/mol. The second kappa shape index (κ2) is 11.8. The lowest BCUT2D eigenvalue weighted by atomic mass is 10.1. The molecule has 0 saturated carbocycles. The maximum Gasteiger partial charge on any atom is 0.201 e. The molecule has 4 heteroatoms. The van der Waals surface area contributed by atoms with Crippen LogP contribution in [0.3, 0.4) is 0 Å². The predicted octanol–water partition coefficient (Wildman–Crippen LogP) is 8.60. The van der Waals surface area contributed by atoms with Gasteiger partial charge in [0.25, 0.3) is 0 Å². The first kappa shape index (κ1) is 26.7. The molecule has 1 heterocycles. The van der Waals surface area contributed by atoms with E-state index in [-0.39, 0.29) is 6.10 Å². The van der Waals surface area contributed by atoms with Crippen molar-refractivity contribution in [2.45, 2.75) is 64.3 Å². The van der Waals surface area contributed by atoms with Crippen LogP contribution < -0.4 is 10.6 Å². The van der Waals surface area contributed by atoms with Gasteiger partial charge in [-0.3, -0.25) is 4.98 Å². The first-order valence-electron chi connectivity index (χ1n) is 13.2. The summed E-state index contributed by atoms with van der Waals surface area (Å²) in [6, 6.07) is 34.8. The molecule has 4 aromatic rings. The standard InChI is InChI=1S/C32H40NOPSi/c1-24(2)36(25(3)4,26(5)6)34-32(31-22-21-27-15-13-14-20-30(27)33-31)23-35(28-16-9-7-10-17-28)29-18-11-8-12-19-29/h7-22,24-26,32H,23H2,1-6H3/t32-/m1/s1. The van der Waals surface area contributed by atoms with Crippen LogP contribution in [0.15, 0.2) is 97.1 Å². The van der Waals surface area contributed by atoms with Crippen molar-refractivity contribution in [3.8, 4) is 0 Å². The molecule has 36 heavy (non-hydrogen) atoms. The molecule has 0 N–H and O–H groups in total. The van der Waals surface area contributed by atoms with E-state index >= 15 is 0 Å². The Labute approximate surface area is 220 Å². The van der Waals surface area contributed by atoms with Gasteiger partial charge in [-0.15, -0.1) is 0 Å². The van der Waals surface area contributed by atoms with Crippen molar-refractivity contribution in [1.29, 1.82) is 0 Å². The Bertz CT molecular complexity index is 1180. The third-order valence-corrected chi connectivity index (χ3v) is 16.1. The van der Waals surface area contributed by atoms with Crippen LogP contribution >= 0.6 is 7.92 Å². The summed E-state index contributed by atoms with van der Waals surface area (Å²) >= 11 is 0. The number of rotatable bonds is 10. The molecule has 0 spiro atoms. The topological polar surface area (TPSA) is 22.1 Å². The SMILES string of the molecule is CC(C)[Si](O[C@H](CP(c1ccccc1)c1ccccc1)c1ccc2ccccc2n1)(C(C)C)C(C)C. The highest BCUT2D eigenvalue weighted by Gasteiger charge is 2.47. The number of para-hydroxylation sites is 1. The van der Waals surface area contributed by atoms with Gasteiger partial charge in [-0.05, 0) is 47.3 Å². The van der Waals surface area contributed by atoms with Gasteiger partial charge in [0.2, 0.25) is 8.32 Å². The van der Waals surface area contributed by atoms with Crippen LogP contribution in [0.1, 0.15) is 53.3 Å². The van der Waals surface area contributed by atoms with E-state index < -0.39 is 16.2 Å². The van der Waals surface area contributed by atoms with Crippen LogP contribution in [0.2, 0.25) is 16.6 Å². The summed E-state index contributed by atoms with van der Waals surface area (Å²) in [4.78, 5) is 5.19. The average Bonchev–Trinajstić information content (AvgIpc) is 2.89. The first-order chi connectivity index (χ1) is 17.3. The number of hydrogen-bond acceptors (Lipinski definition) is 2.